The first-order valence-corrected chi connectivity index (χ1v) is 11.8. The molecule has 3 aliphatic rings. The van der Waals surface area contributed by atoms with E-state index in [1.54, 1.807) is 4.68 Å². The van der Waals surface area contributed by atoms with E-state index in [1.807, 2.05) is 4.90 Å². The Morgan fingerprint density at radius 2 is 1.92 bits per heavy atom. The van der Waals surface area contributed by atoms with Crippen LogP contribution in [0.4, 0.5) is 0 Å². The lowest BCUT2D eigenvalue weighted by molar-refractivity contribution is -0.132. The zero-order chi connectivity index (χ0) is 17.4. The van der Waals surface area contributed by atoms with Gasteiger partial charge in [-0.1, -0.05) is 24.6 Å². The predicted octanol–water partition coefficient (Wildman–Crippen LogP) is 1.06. The molecule has 2 heterocycles. The number of thioether (sulfide) groups is 1. The van der Waals surface area contributed by atoms with Crippen LogP contribution in [-0.2, 0) is 14.6 Å². The standard InChI is InChI=1S/C15H23N5O3S2/c21-14(9-24-15-16-17-18-20(15)12-5-6-12)19(11-3-1-2-4-11)13-7-8-25(22,23)10-13/h11-13H,1-10H2/t13-/m1/s1. The molecular weight excluding hydrogens is 362 g/mol. The van der Waals surface area contributed by atoms with E-state index in [0.717, 1.165) is 38.5 Å². The molecule has 1 amide bonds. The van der Waals surface area contributed by atoms with Crippen molar-refractivity contribution in [2.45, 2.75) is 68.2 Å². The molecule has 0 aromatic carbocycles. The molecule has 1 aromatic heterocycles. The Morgan fingerprint density at radius 3 is 2.56 bits per heavy atom. The molecule has 0 spiro atoms. The van der Waals surface area contributed by atoms with Gasteiger partial charge in [0.25, 0.3) is 0 Å². The van der Waals surface area contributed by atoms with E-state index in [1.165, 1.54) is 11.8 Å². The molecule has 2 aliphatic carbocycles. The monoisotopic (exact) mass is 385 g/mol. The summed E-state index contributed by atoms with van der Waals surface area (Å²) >= 11 is 1.36. The fourth-order valence-electron chi connectivity index (χ4n) is 3.91. The van der Waals surface area contributed by atoms with Crippen LogP contribution in [0.5, 0.6) is 0 Å². The van der Waals surface area contributed by atoms with Crippen molar-refractivity contribution in [2.75, 3.05) is 17.3 Å². The summed E-state index contributed by atoms with van der Waals surface area (Å²) in [5.41, 5.74) is 0. The maximum atomic E-state index is 13.0. The Labute approximate surface area is 151 Å². The van der Waals surface area contributed by atoms with Gasteiger partial charge in [-0.2, -0.15) is 0 Å². The quantitative estimate of drug-likeness (QED) is 0.675. The average molecular weight is 386 g/mol. The third kappa shape index (κ3) is 3.84. The fourth-order valence-corrected chi connectivity index (χ4v) is 6.44. The van der Waals surface area contributed by atoms with E-state index < -0.39 is 9.84 Å². The molecule has 0 bridgehead atoms. The van der Waals surface area contributed by atoms with E-state index in [-0.39, 0.29) is 35.2 Å². The van der Waals surface area contributed by atoms with Gasteiger partial charge in [-0.25, -0.2) is 13.1 Å². The van der Waals surface area contributed by atoms with Crippen molar-refractivity contribution < 1.29 is 13.2 Å². The normalized spacial score (nSPS) is 26.2. The van der Waals surface area contributed by atoms with Crippen LogP contribution in [0.1, 0.15) is 51.0 Å². The minimum atomic E-state index is -3.01. The summed E-state index contributed by atoms with van der Waals surface area (Å²) in [4.78, 5) is 14.8. The Hall–Kier alpha value is -1.16. The van der Waals surface area contributed by atoms with E-state index in [9.17, 15) is 13.2 Å². The first kappa shape index (κ1) is 17.3. The summed E-state index contributed by atoms with van der Waals surface area (Å²) in [6.07, 6.45) is 6.91. The summed E-state index contributed by atoms with van der Waals surface area (Å²) in [7, 11) is -3.01. The summed E-state index contributed by atoms with van der Waals surface area (Å²) < 4.78 is 25.6. The van der Waals surface area contributed by atoms with Gasteiger partial charge in [-0.3, -0.25) is 4.79 Å². The molecule has 3 fully saturated rings. The van der Waals surface area contributed by atoms with Crippen molar-refractivity contribution in [3.05, 3.63) is 0 Å². The molecule has 8 nitrogen and oxygen atoms in total. The van der Waals surface area contributed by atoms with Crippen molar-refractivity contribution >= 4 is 27.5 Å². The summed E-state index contributed by atoms with van der Waals surface area (Å²) in [5.74, 6) is 0.588. The number of sulfone groups is 1. The zero-order valence-corrected chi connectivity index (χ0v) is 15.7. The molecule has 138 valence electrons. The highest BCUT2D eigenvalue weighted by Gasteiger charge is 2.39. The van der Waals surface area contributed by atoms with Gasteiger partial charge in [0, 0.05) is 12.1 Å². The van der Waals surface area contributed by atoms with E-state index in [0.29, 0.717) is 17.6 Å². The minimum absolute atomic E-state index is 0.0179. The van der Waals surface area contributed by atoms with Crippen molar-refractivity contribution in [1.29, 1.82) is 0 Å². The maximum Gasteiger partial charge on any atom is 0.233 e. The molecule has 0 unspecified atom stereocenters. The lowest BCUT2D eigenvalue weighted by atomic mass is 10.1. The molecule has 0 radical (unpaired) electrons. The van der Waals surface area contributed by atoms with Crippen LogP contribution in [0.25, 0.3) is 0 Å². The molecular formula is C15H23N5O3S2. The van der Waals surface area contributed by atoms with Crippen molar-refractivity contribution in [3.63, 3.8) is 0 Å². The van der Waals surface area contributed by atoms with Gasteiger partial charge in [-0.05, 0) is 42.5 Å². The number of carbonyl (C=O) groups excluding carboxylic acids is 1. The van der Waals surface area contributed by atoms with Gasteiger partial charge in [0.05, 0.1) is 23.3 Å². The molecule has 2 saturated carbocycles. The number of carbonyl (C=O) groups is 1. The highest BCUT2D eigenvalue weighted by molar-refractivity contribution is 7.99. The van der Waals surface area contributed by atoms with E-state index in [4.69, 9.17) is 0 Å². The average Bonchev–Trinajstić information content (AvgIpc) is 2.99. The summed E-state index contributed by atoms with van der Waals surface area (Å²) in [5, 5.41) is 12.4. The van der Waals surface area contributed by atoms with Crippen LogP contribution in [0.2, 0.25) is 0 Å². The van der Waals surface area contributed by atoms with Crippen LogP contribution in [0.15, 0.2) is 5.16 Å². The predicted molar refractivity (Wildman–Crippen MR) is 93.0 cm³/mol. The fraction of sp³-hybridized carbons (Fsp3) is 0.867. The number of aromatic nitrogens is 4. The van der Waals surface area contributed by atoms with Crippen LogP contribution in [0, 0.1) is 0 Å². The Bertz CT molecular complexity index is 740. The van der Waals surface area contributed by atoms with Crippen molar-refractivity contribution in [3.8, 4) is 0 Å². The number of tetrazole rings is 1. The second-order valence-corrected chi connectivity index (χ2v) is 10.4. The lowest BCUT2D eigenvalue weighted by Gasteiger charge is -2.34. The van der Waals surface area contributed by atoms with Crippen LogP contribution in [-0.4, -0.2) is 68.8 Å². The van der Waals surface area contributed by atoms with Gasteiger partial charge in [-0.15, -0.1) is 5.10 Å². The number of nitrogens with zero attached hydrogens (tertiary/aromatic N) is 5. The Balaban J connectivity index is 1.44. The van der Waals surface area contributed by atoms with Gasteiger partial charge < -0.3 is 4.90 Å². The highest BCUT2D eigenvalue weighted by atomic mass is 32.2. The largest absolute Gasteiger partial charge is 0.335 e. The molecule has 1 aliphatic heterocycles. The van der Waals surface area contributed by atoms with Gasteiger partial charge in [0.1, 0.15) is 0 Å². The third-order valence-electron chi connectivity index (χ3n) is 5.29. The zero-order valence-electron chi connectivity index (χ0n) is 14.1. The summed E-state index contributed by atoms with van der Waals surface area (Å²) in [6.45, 7) is 0. The van der Waals surface area contributed by atoms with E-state index in [2.05, 4.69) is 15.5 Å². The van der Waals surface area contributed by atoms with Gasteiger partial charge >= 0.3 is 0 Å². The topological polar surface area (TPSA) is 98.1 Å². The van der Waals surface area contributed by atoms with Crippen LogP contribution in [0.3, 0.4) is 0 Å². The first-order valence-electron chi connectivity index (χ1n) is 8.96. The molecule has 1 atom stereocenters. The molecule has 1 saturated heterocycles. The van der Waals surface area contributed by atoms with Gasteiger partial charge in [0.2, 0.25) is 11.1 Å². The second kappa shape index (κ2) is 6.86. The minimum Gasteiger partial charge on any atom is -0.335 e. The molecule has 10 heteroatoms. The van der Waals surface area contributed by atoms with Crippen molar-refractivity contribution in [1.82, 2.24) is 25.1 Å². The molecule has 25 heavy (non-hydrogen) atoms. The van der Waals surface area contributed by atoms with Crippen LogP contribution < -0.4 is 0 Å². The number of amides is 1. The van der Waals surface area contributed by atoms with Crippen molar-refractivity contribution in [2.24, 2.45) is 0 Å². The number of hydrogen-bond acceptors (Lipinski definition) is 7. The van der Waals surface area contributed by atoms with Crippen LogP contribution >= 0.6 is 11.8 Å². The van der Waals surface area contributed by atoms with Gasteiger partial charge in [0.15, 0.2) is 9.84 Å². The Morgan fingerprint density at radius 1 is 1.16 bits per heavy atom. The smallest absolute Gasteiger partial charge is 0.233 e. The lowest BCUT2D eigenvalue weighted by Crippen LogP contribution is -2.47. The SMILES string of the molecule is O=C(CSc1nnnn1C1CC1)N(C1CCCC1)[C@@H]1CCS(=O)(=O)C1. The summed E-state index contributed by atoms with van der Waals surface area (Å²) in [6, 6.07) is 0.393. The molecule has 4 rings (SSSR count). The Kier molecular flexibility index (Phi) is 4.74. The third-order valence-corrected chi connectivity index (χ3v) is 7.96. The highest BCUT2D eigenvalue weighted by Crippen LogP contribution is 2.36. The number of hydrogen-bond donors (Lipinski definition) is 0. The molecule has 0 N–H and O–H groups in total. The second-order valence-electron chi connectivity index (χ2n) is 7.22. The number of rotatable bonds is 6. The first-order chi connectivity index (χ1) is 12.0. The maximum absolute atomic E-state index is 13.0. The molecule has 1 aromatic rings. The van der Waals surface area contributed by atoms with E-state index >= 15 is 0 Å².